The van der Waals surface area contributed by atoms with Gasteiger partial charge in [0.25, 0.3) is 0 Å². The molecule has 0 aliphatic rings. The van der Waals surface area contributed by atoms with E-state index >= 15 is 0 Å². The summed E-state index contributed by atoms with van der Waals surface area (Å²) in [5.74, 6) is 0.400. The maximum absolute atomic E-state index is 13.1. The molecule has 130 valence electrons. The van der Waals surface area contributed by atoms with E-state index in [2.05, 4.69) is 16.6 Å². The lowest BCUT2D eigenvalue weighted by Gasteiger charge is -2.10. The molecule has 0 N–H and O–H groups in total. The van der Waals surface area contributed by atoms with Crippen LogP contribution >= 0.6 is 0 Å². The molecular formula is C19H14N2O5. The van der Waals surface area contributed by atoms with Gasteiger partial charge in [0.2, 0.25) is 5.43 Å². The van der Waals surface area contributed by atoms with Crippen LogP contribution in [0.2, 0.25) is 0 Å². The van der Waals surface area contributed by atoms with Gasteiger partial charge in [-0.2, -0.15) is 0 Å². The number of aromatic nitrogens is 1. The molecule has 0 fully saturated rings. The lowest BCUT2D eigenvalue weighted by Crippen LogP contribution is -2.10. The number of oxazole rings is 1. The number of ether oxygens (including phenoxy) is 1. The fraction of sp³-hybridized carbons (Fsp3) is 0.105. The molecule has 7 nitrogen and oxygen atoms in total. The van der Waals surface area contributed by atoms with Crippen LogP contribution in [0.5, 0.6) is 5.75 Å². The van der Waals surface area contributed by atoms with Gasteiger partial charge in [0.05, 0.1) is 30.5 Å². The Morgan fingerprint density at radius 3 is 2.88 bits per heavy atom. The van der Waals surface area contributed by atoms with Gasteiger partial charge in [0, 0.05) is 11.8 Å². The Morgan fingerprint density at radius 2 is 2.15 bits per heavy atom. The van der Waals surface area contributed by atoms with E-state index in [1.807, 2.05) is 0 Å². The first-order valence-electron chi connectivity index (χ1n) is 7.80. The van der Waals surface area contributed by atoms with E-state index in [1.54, 1.807) is 18.4 Å². The molecule has 26 heavy (non-hydrogen) atoms. The number of aliphatic imine (C=N–C) groups is 1. The Kier molecular flexibility index (Phi) is 3.89. The third kappa shape index (κ3) is 2.41. The van der Waals surface area contributed by atoms with Gasteiger partial charge in [-0.25, -0.2) is 9.98 Å². The van der Waals surface area contributed by atoms with Crippen molar-refractivity contribution < 1.29 is 18.0 Å². The van der Waals surface area contributed by atoms with Crippen molar-refractivity contribution in [2.45, 2.75) is 6.42 Å². The molecule has 0 amide bonds. The summed E-state index contributed by atoms with van der Waals surface area (Å²) in [4.78, 5) is 21.0. The topological polar surface area (TPSA) is 91.0 Å². The summed E-state index contributed by atoms with van der Waals surface area (Å²) < 4.78 is 21.9. The molecule has 0 saturated heterocycles. The number of fused-ring (bicyclic) bond motifs is 2. The van der Waals surface area contributed by atoms with Crippen molar-refractivity contribution in [3.63, 3.8) is 0 Å². The summed E-state index contributed by atoms with van der Waals surface area (Å²) >= 11 is 0. The SMILES string of the molecule is C=CCc1c2occc2c(OC)c2c(=O)c(/C=N/c3ncco3)coc12. The summed E-state index contributed by atoms with van der Waals surface area (Å²) in [5.41, 5.74) is 1.73. The maximum atomic E-state index is 13.1. The van der Waals surface area contributed by atoms with Gasteiger partial charge in [-0.05, 0) is 12.5 Å². The minimum atomic E-state index is -0.271. The Labute approximate surface area is 147 Å². The second-order valence-electron chi connectivity index (χ2n) is 5.47. The second kappa shape index (κ2) is 6.36. The van der Waals surface area contributed by atoms with E-state index in [1.165, 1.54) is 32.0 Å². The first-order chi connectivity index (χ1) is 12.7. The van der Waals surface area contributed by atoms with Crippen molar-refractivity contribution >= 4 is 34.2 Å². The Balaban J connectivity index is 2.03. The van der Waals surface area contributed by atoms with Gasteiger partial charge >= 0.3 is 6.01 Å². The Bertz CT molecular complexity index is 1180. The highest BCUT2D eigenvalue weighted by Gasteiger charge is 2.21. The van der Waals surface area contributed by atoms with Crippen LogP contribution in [0.1, 0.15) is 11.1 Å². The zero-order chi connectivity index (χ0) is 18.1. The van der Waals surface area contributed by atoms with Gasteiger partial charge in [0.15, 0.2) is 0 Å². The van der Waals surface area contributed by atoms with Crippen molar-refractivity contribution in [3.05, 3.63) is 65.1 Å². The minimum Gasteiger partial charge on any atom is -0.495 e. The molecule has 0 aliphatic carbocycles. The van der Waals surface area contributed by atoms with Gasteiger partial charge in [-0.3, -0.25) is 4.79 Å². The minimum absolute atomic E-state index is 0.147. The van der Waals surface area contributed by atoms with E-state index in [9.17, 15) is 4.79 Å². The number of furan rings is 1. The van der Waals surface area contributed by atoms with Crippen molar-refractivity contribution in [2.75, 3.05) is 7.11 Å². The molecule has 0 saturated carbocycles. The van der Waals surface area contributed by atoms with E-state index in [4.69, 9.17) is 18.0 Å². The summed E-state index contributed by atoms with van der Waals surface area (Å²) in [6.45, 7) is 3.76. The van der Waals surface area contributed by atoms with Crippen LogP contribution in [-0.4, -0.2) is 18.3 Å². The summed E-state index contributed by atoms with van der Waals surface area (Å²) in [6.07, 6.45) is 9.32. The van der Waals surface area contributed by atoms with Crippen molar-refractivity contribution in [2.24, 2.45) is 4.99 Å². The number of methoxy groups -OCH3 is 1. The predicted octanol–water partition coefficient (Wildman–Crippen LogP) is 4.01. The number of rotatable bonds is 5. The zero-order valence-electron chi connectivity index (χ0n) is 13.9. The van der Waals surface area contributed by atoms with E-state index in [-0.39, 0.29) is 17.0 Å². The van der Waals surface area contributed by atoms with Crippen molar-refractivity contribution in [1.82, 2.24) is 4.98 Å². The molecule has 1 aromatic carbocycles. The third-order valence-electron chi connectivity index (χ3n) is 3.99. The molecule has 0 spiro atoms. The third-order valence-corrected chi connectivity index (χ3v) is 3.99. The molecule has 0 bridgehead atoms. The average molecular weight is 350 g/mol. The molecule has 0 atom stereocenters. The predicted molar refractivity (Wildman–Crippen MR) is 96.5 cm³/mol. The number of allylic oxidation sites excluding steroid dienone is 1. The average Bonchev–Trinajstić information content (AvgIpc) is 3.33. The van der Waals surface area contributed by atoms with Gasteiger partial charge < -0.3 is 18.0 Å². The van der Waals surface area contributed by atoms with Gasteiger partial charge in [-0.1, -0.05) is 6.08 Å². The highest BCUT2D eigenvalue weighted by Crippen LogP contribution is 2.37. The highest BCUT2D eigenvalue weighted by molar-refractivity contribution is 6.05. The molecule has 0 unspecified atom stereocenters. The van der Waals surface area contributed by atoms with Crippen LogP contribution in [-0.2, 0) is 6.42 Å². The molecule has 4 rings (SSSR count). The second-order valence-corrected chi connectivity index (χ2v) is 5.47. The first kappa shape index (κ1) is 15.9. The van der Waals surface area contributed by atoms with E-state index < -0.39 is 0 Å². The summed E-state index contributed by atoms with van der Waals surface area (Å²) in [7, 11) is 1.50. The van der Waals surface area contributed by atoms with Crippen LogP contribution in [0.4, 0.5) is 6.01 Å². The van der Waals surface area contributed by atoms with Crippen LogP contribution < -0.4 is 10.2 Å². The quantitative estimate of drug-likeness (QED) is 0.399. The van der Waals surface area contributed by atoms with Gasteiger partial charge in [0.1, 0.15) is 34.8 Å². The lowest BCUT2D eigenvalue weighted by molar-refractivity contribution is 0.423. The normalized spacial score (nSPS) is 11.6. The number of hydrogen-bond donors (Lipinski definition) is 0. The Morgan fingerprint density at radius 1 is 1.27 bits per heavy atom. The molecular weight excluding hydrogens is 336 g/mol. The van der Waals surface area contributed by atoms with Crippen LogP contribution in [0, 0.1) is 0 Å². The first-order valence-corrected chi connectivity index (χ1v) is 7.80. The van der Waals surface area contributed by atoms with Crippen LogP contribution in [0.25, 0.3) is 21.9 Å². The van der Waals surface area contributed by atoms with Crippen molar-refractivity contribution in [3.8, 4) is 5.75 Å². The fourth-order valence-corrected chi connectivity index (χ4v) is 2.91. The zero-order valence-corrected chi connectivity index (χ0v) is 13.9. The van der Waals surface area contributed by atoms with Crippen molar-refractivity contribution in [1.29, 1.82) is 0 Å². The highest BCUT2D eigenvalue weighted by atomic mass is 16.5. The van der Waals surface area contributed by atoms with Crippen LogP contribution in [0.3, 0.4) is 0 Å². The maximum Gasteiger partial charge on any atom is 0.321 e. The largest absolute Gasteiger partial charge is 0.495 e. The fourth-order valence-electron chi connectivity index (χ4n) is 2.91. The molecule has 7 heteroatoms. The summed E-state index contributed by atoms with van der Waals surface area (Å²) in [6, 6.07) is 1.90. The smallest absolute Gasteiger partial charge is 0.321 e. The molecule has 0 aliphatic heterocycles. The van der Waals surface area contributed by atoms with Crippen LogP contribution in [0.15, 0.2) is 66.7 Å². The van der Waals surface area contributed by atoms with E-state index in [0.29, 0.717) is 34.1 Å². The molecule has 4 aromatic rings. The lowest BCUT2D eigenvalue weighted by atomic mass is 10.0. The molecule has 0 radical (unpaired) electrons. The molecule has 3 heterocycles. The number of benzene rings is 1. The molecule has 3 aromatic heterocycles. The monoisotopic (exact) mass is 350 g/mol. The Hall–Kier alpha value is -3.61. The summed E-state index contributed by atoms with van der Waals surface area (Å²) in [5, 5.41) is 1.03. The number of hydrogen-bond acceptors (Lipinski definition) is 7. The standard InChI is InChI=1S/C19H14N2O5/c1-3-4-12-16-13(5-7-24-16)17(23-2)14-15(22)11(10-26-18(12)14)9-21-19-20-6-8-25-19/h3,5-10H,1,4H2,2H3/b21-9+. The number of nitrogens with zero attached hydrogens (tertiary/aromatic N) is 2. The van der Waals surface area contributed by atoms with E-state index in [0.717, 1.165) is 5.56 Å². The van der Waals surface area contributed by atoms with Gasteiger partial charge in [-0.15, -0.1) is 6.58 Å².